The molecule has 72 valence electrons. The summed E-state index contributed by atoms with van der Waals surface area (Å²) in [6.45, 7) is 1.43. The number of aliphatic hydroxyl groups excluding tert-OH is 2. The second kappa shape index (κ2) is 3.27. The molecule has 4 atom stereocenters. The molecule has 1 saturated heterocycles. The van der Waals surface area contributed by atoms with Crippen molar-refractivity contribution in [3.05, 3.63) is 0 Å². The Hall–Kier alpha value is -0.200. The van der Waals surface area contributed by atoms with Gasteiger partial charge in [0.05, 0.1) is 5.60 Å². The number of hydrogen-bond donors (Lipinski definition) is 3. The van der Waals surface area contributed by atoms with Gasteiger partial charge in [-0.3, -0.25) is 0 Å². The van der Waals surface area contributed by atoms with E-state index in [4.69, 9.17) is 14.6 Å². The molecule has 1 fully saturated rings. The highest BCUT2D eigenvalue weighted by Gasteiger charge is 2.44. The predicted octanol–water partition coefficient (Wildman–Crippen LogP) is -1.19. The minimum absolute atomic E-state index is 0.141. The lowest BCUT2D eigenvalue weighted by molar-refractivity contribution is -0.321. The Labute approximate surface area is 70.5 Å². The van der Waals surface area contributed by atoms with Crippen molar-refractivity contribution in [1.82, 2.24) is 0 Å². The molecule has 5 nitrogen and oxygen atoms in total. The molecule has 0 spiro atoms. The van der Waals surface area contributed by atoms with Crippen LogP contribution in [0.4, 0.5) is 0 Å². The molecular formula is C7H14O5. The monoisotopic (exact) mass is 178 g/mol. The van der Waals surface area contributed by atoms with Crippen LogP contribution in [0.25, 0.3) is 0 Å². The van der Waals surface area contributed by atoms with Gasteiger partial charge in [0.2, 0.25) is 0 Å². The quantitative estimate of drug-likeness (QED) is 0.470. The van der Waals surface area contributed by atoms with Crippen LogP contribution in [0.3, 0.4) is 0 Å². The van der Waals surface area contributed by atoms with E-state index >= 15 is 0 Å². The van der Waals surface area contributed by atoms with Crippen LogP contribution in [-0.4, -0.2) is 46.7 Å². The van der Waals surface area contributed by atoms with E-state index in [2.05, 4.69) is 0 Å². The highest BCUT2D eigenvalue weighted by Crippen LogP contribution is 2.27. The molecule has 1 rings (SSSR count). The first-order chi connectivity index (χ1) is 5.47. The second-order valence-electron chi connectivity index (χ2n) is 3.20. The molecule has 0 radical (unpaired) electrons. The molecule has 0 amide bonds. The van der Waals surface area contributed by atoms with Crippen LogP contribution in [0.1, 0.15) is 13.3 Å². The van der Waals surface area contributed by atoms with Crippen LogP contribution in [-0.2, 0) is 9.47 Å². The van der Waals surface area contributed by atoms with Crippen molar-refractivity contribution in [1.29, 1.82) is 0 Å². The van der Waals surface area contributed by atoms with Crippen molar-refractivity contribution < 1.29 is 24.8 Å². The maximum Gasteiger partial charge on any atom is 0.186 e. The van der Waals surface area contributed by atoms with E-state index in [0.717, 1.165) is 0 Å². The zero-order valence-electron chi connectivity index (χ0n) is 7.10. The van der Waals surface area contributed by atoms with Crippen LogP contribution in [0, 0.1) is 0 Å². The zero-order valence-corrected chi connectivity index (χ0v) is 7.10. The Morgan fingerprint density at radius 3 is 2.50 bits per heavy atom. The molecule has 5 heteroatoms. The Balaban J connectivity index is 2.65. The third-order valence-electron chi connectivity index (χ3n) is 2.04. The van der Waals surface area contributed by atoms with E-state index in [1.807, 2.05) is 0 Å². The Morgan fingerprint density at radius 1 is 1.50 bits per heavy atom. The maximum absolute atomic E-state index is 9.54. The van der Waals surface area contributed by atoms with Gasteiger partial charge in [-0.15, -0.1) is 0 Å². The number of hydrogen-bond acceptors (Lipinski definition) is 5. The topological polar surface area (TPSA) is 79.2 Å². The van der Waals surface area contributed by atoms with Crippen molar-refractivity contribution in [2.75, 3.05) is 7.11 Å². The molecule has 0 saturated carbocycles. The fraction of sp³-hybridized carbons (Fsp3) is 1.00. The summed E-state index contributed by atoms with van der Waals surface area (Å²) in [5, 5.41) is 27.9. The number of aliphatic hydroxyl groups is 3. The van der Waals surface area contributed by atoms with Gasteiger partial charge in [-0.05, 0) is 6.92 Å². The average Bonchev–Trinajstić information content (AvgIpc) is 1.99. The summed E-state index contributed by atoms with van der Waals surface area (Å²) >= 11 is 0. The molecule has 4 unspecified atom stereocenters. The van der Waals surface area contributed by atoms with Gasteiger partial charge < -0.3 is 24.8 Å². The van der Waals surface area contributed by atoms with Gasteiger partial charge >= 0.3 is 0 Å². The summed E-state index contributed by atoms with van der Waals surface area (Å²) in [7, 11) is 1.41. The lowest BCUT2D eigenvalue weighted by Gasteiger charge is -2.40. The average molecular weight is 178 g/mol. The molecule has 1 heterocycles. The molecule has 0 aliphatic carbocycles. The Kier molecular flexibility index (Phi) is 2.70. The van der Waals surface area contributed by atoms with Gasteiger partial charge in [-0.2, -0.15) is 0 Å². The van der Waals surface area contributed by atoms with Crippen molar-refractivity contribution >= 4 is 0 Å². The smallest absolute Gasteiger partial charge is 0.186 e. The van der Waals surface area contributed by atoms with Crippen LogP contribution in [0.15, 0.2) is 0 Å². The highest BCUT2D eigenvalue weighted by atomic mass is 16.7. The molecule has 0 aromatic rings. The maximum atomic E-state index is 9.54. The first-order valence-corrected chi connectivity index (χ1v) is 3.74. The Morgan fingerprint density at radius 2 is 2.08 bits per heavy atom. The van der Waals surface area contributed by atoms with Gasteiger partial charge in [0.15, 0.2) is 12.6 Å². The summed E-state index contributed by atoms with van der Waals surface area (Å²) in [4.78, 5) is 0. The summed E-state index contributed by atoms with van der Waals surface area (Å²) in [6, 6.07) is 0. The summed E-state index contributed by atoms with van der Waals surface area (Å²) in [5.74, 6) is 0. The first kappa shape index (κ1) is 9.88. The SMILES string of the molecule is COC1CC(C)(O)C(O)C(O)O1. The third kappa shape index (κ3) is 1.75. The Bertz CT molecular complexity index is 158. The van der Waals surface area contributed by atoms with E-state index in [1.54, 1.807) is 0 Å². The highest BCUT2D eigenvalue weighted by molar-refractivity contribution is 4.88. The molecule has 0 aromatic carbocycles. The van der Waals surface area contributed by atoms with Crippen molar-refractivity contribution in [2.24, 2.45) is 0 Å². The standard InChI is InChI=1S/C7H14O5/c1-7(10)3-4(11-2)12-6(9)5(7)8/h4-6,8-10H,3H2,1-2H3. The van der Waals surface area contributed by atoms with Gasteiger partial charge in [0.1, 0.15) is 6.10 Å². The summed E-state index contributed by atoms with van der Waals surface area (Å²) in [6.07, 6.45) is -3.21. The fourth-order valence-corrected chi connectivity index (χ4v) is 1.18. The van der Waals surface area contributed by atoms with Gasteiger partial charge in [0.25, 0.3) is 0 Å². The molecule has 0 aromatic heterocycles. The van der Waals surface area contributed by atoms with Gasteiger partial charge in [-0.1, -0.05) is 0 Å². The van der Waals surface area contributed by atoms with E-state index in [1.165, 1.54) is 14.0 Å². The van der Waals surface area contributed by atoms with E-state index in [0.29, 0.717) is 0 Å². The van der Waals surface area contributed by atoms with Gasteiger partial charge in [-0.25, -0.2) is 0 Å². The molecule has 3 N–H and O–H groups in total. The summed E-state index contributed by atoms with van der Waals surface area (Å²) in [5.41, 5.74) is -1.36. The fourth-order valence-electron chi connectivity index (χ4n) is 1.18. The number of ether oxygens (including phenoxy) is 2. The normalized spacial score (nSPS) is 49.2. The molecule has 1 aliphatic rings. The second-order valence-corrected chi connectivity index (χ2v) is 3.20. The van der Waals surface area contributed by atoms with E-state index < -0.39 is 24.3 Å². The van der Waals surface area contributed by atoms with Gasteiger partial charge in [0, 0.05) is 13.5 Å². The minimum atomic E-state index is -1.39. The van der Waals surface area contributed by atoms with Crippen molar-refractivity contribution in [2.45, 2.75) is 37.6 Å². The summed E-state index contributed by atoms with van der Waals surface area (Å²) < 4.78 is 9.60. The minimum Gasteiger partial charge on any atom is -0.387 e. The zero-order chi connectivity index (χ0) is 9.35. The number of methoxy groups -OCH3 is 1. The third-order valence-corrected chi connectivity index (χ3v) is 2.04. The number of rotatable bonds is 1. The first-order valence-electron chi connectivity index (χ1n) is 3.74. The van der Waals surface area contributed by atoms with Crippen LogP contribution >= 0.6 is 0 Å². The lowest BCUT2D eigenvalue weighted by Crippen LogP contribution is -2.55. The molecule has 1 aliphatic heterocycles. The largest absolute Gasteiger partial charge is 0.387 e. The molecule has 0 bridgehead atoms. The van der Waals surface area contributed by atoms with Crippen LogP contribution < -0.4 is 0 Å². The van der Waals surface area contributed by atoms with E-state index in [-0.39, 0.29) is 6.42 Å². The molecular weight excluding hydrogens is 164 g/mol. The van der Waals surface area contributed by atoms with Crippen molar-refractivity contribution in [3.63, 3.8) is 0 Å². The van der Waals surface area contributed by atoms with E-state index in [9.17, 15) is 10.2 Å². The van der Waals surface area contributed by atoms with Crippen LogP contribution in [0.2, 0.25) is 0 Å². The van der Waals surface area contributed by atoms with Crippen LogP contribution in [0.5, 0.6) is 0 Å². The van der Waals surface area contributed by atoms with Crippen molar-refractivity contribution in [3.8, 4) is 0 Å². The lowest BCUT2D eigenvalue weighted by atomic mass is 9.92. The molecule has 12 heavy (non-hydrogen) atoms. The predicted molar refractivity (Wildman–Crippen MR) is 39.1 cm³/mol.